The van der Waals surface area contributed by atoms with Crippen molar-refractivity contribution < 1.29 is 14.2 Å². The number of nitrogens with one attached hydrogen (secondary N) is 1. The molecule has 174 valence electrons. The highest BCUT2D eigenvalue weighted by Crippen LogP contribution is 2.45. The van der Waals surface area contributed by atoms with Gasteiger partial charge in [-0.3, -0.25) is 0 Å². The lowest BCUT2D eigenvalue weighted by Crippen LogP contribution is -2.32. The number of nitriles is 1. The van der Waals surface area contributed by atoms with Gasteiger partial charge in [-0.15, -0.1) is 0 Å². The van der Waals surface area contributed by atoms with Crippen LogP contribution in [0, 0.1) is 17.2 Å². The molecule has 0 unspecified atom stereocenters. The van der Waals surface area contributed by atoms with Crippen LogP contribution in [0.4, 0.5) is 0 Å². The molecule has 0 aromatic heterocycles. The van der Waals surface area contributed by atoms with Gasteiger partial charge in [-0.25, -0.2) is 0 Å². The molecule has 0 radical (unpaired) electrons. The van der Waals surface area contributed by atoms with E-state index in [1.807, 2.05) is 30.3 Å². The van der Waals surface area contributed by atoms with Gasteiger partial charge in [0.2, 0.25) is 5.75 Å². The van der Waals surface area contributed by atoms with Crippen molar-refractivity contribution in [2.24, 2.45) is 5.92 Å². The number of aryl methyl sites for hydroxylation is 1. The molecular weight excluding hydrogens is 424 g/mol. The Kier molecular flexibility index (Phi) is 10.2. The molecule has 0 spiro atoms. The summed E-state index contributed by atoms with van der Waals surface area (Å²) in [7, 11) is 4.77. The molecule has 2 aromatic rings. The van der Waals surface area contributed by atoms with E-state index in [2.05, 4.69) is 31.3 Å². The summed E-state index contributed by atoms with van der Waals surface area (Å²) in [6.07, 6.45) is 3.66. The zero-order chi connectivity index (χ0) is 23.6. The second-order valence-electron chi connectivity index (χ2n) is 8.24. The SMILES string of the molecule is COc1cc([C@](C#N)(CCCNCCCc2cccc(Cl)c2)C(C)C)cc(OC)c1OC. The quantitative estimate of drug-likeness (QED) is 0.385. The van der Waals surface area contributed by atoms with E-state index in [9.17, 15) is 5.26 Å². The van der Waals surface area contributed by atoms with E-state index in [1.165, 1.54) is 5.56 Å². The number of hydrogen-bond acceptors (Lipinski definition) is 5. The van der Waals surface area contributed by atoms with Crippen molar-refractivity contribution in [1.82, 2.24) is 5.32 Å². The van der Waals surface area contributed by atoms with Crippen LogP contribution in [0.5, 0.6) is 17.2 Å². The molecule has 0 heterocycles. The standard InChI is InChI=1S/C26H35ClN2O3/c1-19(2)26(18-28,21-16-23(30-3)25(32-5)24(17-21)31-4)12-8-14-29-13-7-10-20-9-6-11-22(27)15-20/h6,9,11,15-17,19,29H,7-8,10,12-14H2,1-5H3/t26-/m0/s1. The molecule has 6 heteroatoms. The minimum Gasteiger partial charge on any atom is -0.493 e. The molecule has 0 saturated heterocycles. The van der Waals surface area contributed by atoms with Crippen molar-refractivity contribution in [2.75, 3.05) is 34.4 Å². The van der Waals surface area contributed by atoms with Gasteiger partial charge in [0.15, 0.2) is 11.5 Å². The molecule has 0 fully saturated rings. The maximum absolute atomic E-state index is 10.2. The number of benzene rings is 2. The van der Waals surface area contributed by atoms with Crippen LogP contribution in [-0.4, -0.2) is 34.4 Å². The summed E-state index contributed by atoms with van der Waals surface area (Å²) in [5, 5.41) is 14.5. The summed E-state index contributed by atoms with van der Waals surface area (Å²) in [5.41, 5.74) is 1.51. The Morgan fingerprint density at radius 3 is 2.19 bits per heavy atom. The smallest absolute Gasteiger partial charge is 0.203 e. The van der Waals surface area contributed by atoms with Gasteiger partial charge in [-0.05, 0) is 80.1 Å². The van der Waals surface area contributed by atoms with Crippen molar-refractivity contribution >= 4 is 11.6 Å². The zero-order valence-corrected chi connectivity index (χ0v) is 20.6. The largest absolute Gasteiger partial charge is 0.493 e. The van der Waals surface area contributed by atoms with Gasteiger partial charge in [0.1, 0.15) is 0 Å². The highest BCUT2D eigenvalue weighted by molar-refractivity contribution is 6.30. The number of halogens is 1. The van der Waals surface area contributed by atoms with E-state index in [0.717, 1.165) is 49.4 Å². The molecule has 2 rings (SSSR count). The molecule has 0 aliphatic carbocycles. The van der Waals surface area contributed by atoms with Crippen molar-refractivity contribution in [3.8, 4) is 23.3 Å². The minimum atomic E-state index is -0.644. The summed E-state index contributed by atoms with van der Waals surface area (Å²) in [6, 6.07) is 14.4. The second-order valence-corrected chi connectivity index (χ2v) is 8.68. The van der Waals surface area contributed by atoms with Crippen molar-refractivity contribution in [3.63, 3.8) is 0 Å². The van der Waals surface area contributed by atoms with Crippen molar-refractivity contribution in [1.29, 1.82) is 5.26 Å². The first kappa shape index (κ1) is 25.8. The van der Waals surface area contributed by atoms with Gasteiger partial charge in [0.05, 0.1) is 32.8 Å². The lowest BCUT2D eigenvalue weighted by Gasteiger charge is -2.32. The minimum absolute atomic E-state index is 0.123. The summed E-state index contributed by atoms with van der Waals surface area (Å²) in [6.45, 7) is 5.96. The average molecular weight is 459 g/mol. The summed E-state index contributed by atoms with van der Waals surface area (Å²) < 4.78 is 16.5. The second kappa shape index (κ2) is 12.6. The fraction of sp³-hybridized carbons (Fsp3) is 0.500. The lowest BCUT2D eigenvalue weighted by molar-refractivity contribution is 0.316. The average Bonchev–Trinajstić information content (AvgIpc) is 2.79. The number of nitrogens with zero attached hydrogens (tertiary/aromatic N) is 1. The Labute approximate surface area is 197 Å². The monoisotopic (exact) mass is 458 g/mol. The van der Waals surface area contributed by atoms with Crippen molar-refractivity contribution in [3.05, 3.63) is 52.5 Å². The van der Waals surface area contributed by atoms with Gasteiger partial charge in [0, 0.05) is 5.02 Å². The lowest BCUT2D eigenvalue weighted by atomic mass is 9.69. The van der Waals surface area contributed by atoms with Gasteiger partial charge < -0.3 is 19.5 Å². The molecule has 0 bridgehead atoms. The fourth-order valence-corrected chi connectivity index (χ4v) is 4.29. The highest BCUT2D eigenvalue weighted by atomic mass is 35.5. The number of rotatable bonds is 13. The Bertz CT molecular complexity index is 885. The highest BCUT2D eigenvalue weighted by Gasteiger charge is 2.37. The van der Waals surface area contributed by atoms with Crippen LogP contribution in [0.3, 0.4) is 0 Å². The maximum Gasteiger partial charge on any atom is 0.203 e. The Balaban J connectivity index is 2.00. The molecule has 0 amide bonds. The van der Waals surface area contributed by atoms with E-state index in [1.54, 1.807) is 21.3 Å². The van der Waals surface area contributed by atoms with E-state index < -0.39 is 5.41 Å². The predicted molar refractivity (Wildman–Crippen MR) is 130 cm³/mol. The van der Waals surface area contributed by atoms with Gasteiger partial charge >= 0.3 is 0 Å². The molecule has 0 saturated carbocycles. The molecule has 0 aliphatic heterocycles. The normalized spacial score (nSPS) is 12.8. The van der Waals surface area contributed by atoms with Gasteiger partial charge in [0.25, 0.3) is 0 Å². The van der Waals surface area contributed by atoms with Gasteiger partial charge in [-0.1, -0.05) is 37.6 Å². The third-order valence-corrected chi connectivity index (χ3v) is 6.23. The van der Waals surface area contributed by atoms with Crippen LogP contribution in [-0.2, 0) is 11.8 Å². The maximum atomic E-state index is 10.2. The van der Waals surface area contributed by atoms with Crippen LogP contribution < -0.4 is 19.5 Å². The Hall–Kier alpha value is -2.42. The molecule has 1 N–H and O–H groups in total. The summed E-state index contributed by atoms with van der Waals surface area (Å²) in [5.74, 6) is 1.80. The first-order valence-corrected chi connectivity index (χ1v) is 11.5. The third-order valence-electron chi connectivity index (χ3n) is 6.00. The Morgan fingerprint density at radius 2 is 1.66 bits per heavy atom. The van der Waals surface area contributed by atoms with Crippen LogP contribution in [0.2, 0.25) is 5.02 Å². The molecule has 1 atom stereocenters. The van der Waals surface area contributed by atoms with E-state index in [-0.39, 0.29) is 5.92 Å². The third kappa shape index (κ3) is 6.31. The Morgan fingerprint density at radius 1 is 1.00 bits per heavy atom. The molecule has 2 aromatic carbocycles. The van der Waals surface area contributed by atoms with E-state index >= 15 is 0 Å². The number of methoxy groups -OCH3 is 3. The molecule has 5 nitrogen and oxygen atoms in total. The number of hydrogen-bond donors (Lipinski definition) is 1. The predicted octanol–water partition coefficient (Wildman–Crippen LogP) is 5.79. The van der Waals surface area contributed by atoms with Crippen molar-refractivity contribution in [2.45, 2.75) is 44.9 Å². The van der Waals surface area contributed by atoms with Crippen LogP contribution in [0.1, 0.15) is 44.2 Å². The summed E-state index contributed by atoms with van der Waals surface area (Å²) >= 11 is 6.05. The molecule has 32 heavy (non-hydrogen) atoms. The fourth-order valence-electron chi connectivity index (χ4n) is 4.08. The number of ether oxygens (including phenoxy) is 3. The van der Waals surface area contributed by atoms with Crippen LogP contribution in [0.15, 0.2) is 36.4 Å². The topological polar surface area (TPSA) is 63.5 Å². The first-order chi connectivity index (χ1) is 15.4. The van der Waals surface area contributed by atoms with E-state index in [0.29, 0.717) is 17.2 Å². The molecular formula is C26H35ClN2O3. The zero-order valence-electron chi connectivity index (χ0n) is 19.8. The van der Waals surface area contributed by atoms with Crippen LogP contribution >= 0.6 is 11.6 Å². The van der Waals surface area contributed by atoms with Gasteiger partial charge in [-0.2, -0.15) is 5.26 Å². The molecule has 0 aliphatic rings. The summed E-state index contributed by atoms with van der Waals surface area (Å²) in [4.78, 5) is 0. The van der Waals surface area contributed by atoms with E-state index in [4.69, 9.17) is 25.8 Å². The first-order valence-electron chi connectivity index (χ1n) is 11.1. The van der Waals surface area contributed by atoms with Crippen LogP contribution in [0.25, 0.3) is 0 Å².